The number of carbonyl (C=O) groups is 1. The number of aromatic nitrogens is 2. The van der Waals surface area contributed by atoms with E-state index in [-0.39, 0.29) is 18.1 Å². The van der Waals surface area contributed by atoms with Gasteiger partial charge in [-0.05, 0) is 24.6 Å². The number of esters is 1. The number of ether oxygens (including phenoxy) is 2. The van der Waals surface area contributed by atoms with E-state index in [0.29, 0.717) is 29.7 Å². The first-order chi connectivity index (χ1) is 12.0. The summed E-state index contributed by atoms with van der Waals surface area (Å²) in [5.41, 5.74) is 8.18. The average Bonchev–Trinajstić information content (AvgIpc) is 2.64. The van der Waals surface area contributed by atoms with Gasteiger partial charge in [0.2, 0.25) is 0 Å². The summed E-state index contributed by atoms with van der Waals surface area (Å²) in [7, 11) is 1.36. The van der Waals surface area contributed by atoms with E-state index in [0.717, 1.165) is 11.3 Å². The highest BCUT2D eigenvalue weighted by atomic mass is 35.5. The molecule has 0 spiro atoms. The van der Waals surface area contributed by atoms with Crippen molar-refractivity contribution >= 4 is 29.1 Å². The molecule has 1 aromatic heterocycles. The topological polar surface area (TPSA) is 90.6 Å². The van der Waals surface area contributed by atoms with Crippen LogP contribution in [0.5, 0.6) is 0 Å². The van der Waals surface area contributed by atoms with E-state index in [4.69, 9.17) is 26.8 Å². The molecule has 0 aliphatic carbocycles. The van der Waals surface area contributed by atoms with E-state index in [9.17, 15) is 4.79 Å². The molecule has 1 saturated heterocycles. The molecule has 2 heterocycles. The molecule has 3 rings (SSSR count). The summed E-state index contributed by atoms with van der Waals surface area (Å²) in [5.74, 6) is -0.0328. The highest BCUT2D eigenvalue weighted by Crippen LogP contribution is 2.32. The Hall–Kier alpha value is -2.38. The van der Waals surface area contributed by atoms with Gasteiger partial charge in [-0.3, -0.25) is 0 Å². The Morgan fingerprint density at radius 1 is 1.36 bits per heavy atom. The van der Waals surface area contributed by atoms with Crippen molar-refractivity contribution in [2.45, 2.75) is 19.1 Å². The third-order valence-electron chi connectivity index (χ3n) is 4.22. The number of methoxy groups -OCH3 is 1. The van der Waals surface area contributed by atoms with Gasteiger partial charge in [0.25, 0.3) is 0 Å². The summed E-state index contributed by atoms with van der Waals surface area (Å²) in [5, 5.41) is 7.94. The van der Waals surface area contributed by atoms with Crippen molar-refractivity contribution in [1.82, 2.24) is 10.2 Å². The van der Waals surface area contributed by atoms with E-state index in [1.807, 2.05) is 19.1 Å². The highest BCUT2D eigenvalue weighted by molar-refractivity contribution is 6.29. The van der Waals surface area contributed by atoms with Gasteiger partial charge in [-0.2, -0.15) is 0 Å². The minimum Gasteiger partial charge on any atom is -0.465 e. The van der Waals surface area contributed by atoms with Crippen LogP contribution < -0.4 is 10.6 Å². The van der Waals surface area contributed by atoms with Crippen LogP contribution in [0.4, 0.5) is 11.5 Å². The van der Waals surface area contributed by atoms with E-state index in [2.05, 4.69) is 15.1 Å². The first-order valence-electron chi connectivity index (χ1n) is 7.85. The van der Waals surface area contributed by atoms with E-state index >= 15 is 0 Å². The summed E-state index contributed by atoms with van der Waals surface area (Å²) in [6.45, 7) is 3.16. The smallest absolute Gasteiger partial charge is 0.337 e. The molecule has 0 bridgehead atoms. The zero-order valence-electron chi connectivity index (χ0n) is 14.0. The van der Waals surface area contributed by atoms with Crippen molar-refractivity contribution in [3.8, 4) is 0 Å². The number of hydrogen-bond acceptors (Lipinski definition) is 7. The third-order valence-corrected chi connectivity index (χ3v) is 4.40. The summed E-state index contributed by atoms with van der Waals surface area (Å²) < 4.78 is 10.7. The zero-order valence-corrected chi connectivity index (χ0v) is 14.7. The van der Waals surface area contributed by atoms with Crippen LogP contribution in [-0.2, 0) is 9.47 Å². The molecule has 2 atom stereocenters. The largest absolute Gasteiger partial charge is 0.465 e. The maximum Gasteiger partial charge on any atom is 0.337 e. The number of hydrogen-bond donors (Lipinski definition) is 1. The summed E-state index contributed by atoms with van der Waals surface area (Å²) in [6.07, 6.45) is -0.158. The normalized spacial score (nSPS) is 20.4. The molecule has 25 heavy (non-hydrogen) atoms. The summed E-state index contributed by atoms with van der Waals surface area (Å²) in [4.78, 5) is 13.7. The number of anilines is 2. The first kappa shape index (κ1) is 17.4. The molecule has 1 aliphatic rings. The Bertz CT molecular complexity index is 769. The molecule has 2 aromatic rings. The lowest BCUT2D eigenvalue weighted by Crippen LogP contribution is -2.45. The molecule has 0 radical (unpaired) electrons. The Morgan fingerprint density at radius 2 is 2.08 bits per heavy atom. The maximum atomic E-state index is 11.5. The van der Waals surface area contributed by atoms with Crippen LogP contribution in [0.15, 0.2) is 30.3 Å². The van der Waals surface area contributed by atoms with Crippen LogP contribution in [0, 0.1) is 0 Å². The number of carbonyl (C=O) groups excluding carboxylic acids is 1. The second kappa shape index (κ2) is 7.25. The number of nitrogens with zero attached hydrogens (tertiary/aromatic N) is 3. The van der Waals surface area contributed by atoms with Crippen molar-refractivity contribution in [1.29, 1.82) is 0 Å². The molecule has 0 amide bonds. The van der Waals surface area contributed by atoms with E-state index in [1.165, 1.54) is 7.11 Å². The van der Waals surface area contributed by atoms with Crippen LogP contribution in [0.1, 0.15) is 28.9 Å². The molecule has 2 N–H and O–H groups in total. The lowest BCUT2D eigenvalue weighted by Gasteiger charge is -2.40. The van der Waals surface area contributed by atoms with Crippen LogP contribution in [0.25, 0.3) is 0 Å². The second-order valence-corrected chi connectivity index (χ2v) is 6.26. The van der Waals surface area contributed by atoms with Gasteiger partial charge in [0, 0.05) is 18.7 Å². The van der Waals surface area contributed by atoms with Gasteiger partial charge >= 0.3 is 5.97 Å². The van der Waals surface area contributed by atoms with Gasteiger partial charge in [0.05, 0.1) is 25.0 Å². The monoisotopic (exact) mass is 362 g/mol. The number of rotatable bonds is 3. The molecule has 1 aromatic carbocycles. The van der Waals surface area contributed by atoms with Crippen LogP contribution in [0.3, 0.4) is 0 Å². The molecule has 132 valence electrons. The molecule has 8 heteroatoms. The van der Waals surface area contributed by atoms with Crippen molar-refractivity contribution in [2.24, 2.45) is 0 Å². The predicted octanol–water partition coefficient (Wildman–Crippen LogP) is 2.47. The van der Waals surface area contributed by atoms with Gasteiger partial charge < -0.3 is 20.1 Å². The number of nitrogens with two attached hydrogens (primary N) is 1. The fourth-order valence-corrected chi connectivity index (χ4v) is 2.99. The molecular weight excluding hydrogens is 344 g/mol. The number of benzene rings is 1. The fraction of sp³-hybridized carbons (Fsp3) is 0.353. The van der Waals surface area contributed by atoms with E-state index in [1.54, 1.807) is 18.2 Å². The van der Waals surface area contributed by atoms with Crippen molar-refractivity contribution in [2.75, 3.05) is 30.9 Å². The molecule has 0 unspecified atom stereocenters. The minimum atomic E-state index is -0.364. The number of halogens is 1. The molecule has 1 aliphatic heterocycles. The molecule has 0 saturated carbocycles. The lowest BCUT2D eigenvalue weighted by molar-refractivity contribution is 0.0215. The Balaban J connectivity index is 1.83. The quantitative estimate of drug-likeness (QED) is 0.838. The van der Waals surface area contributed by atoms with Crippen LogP contribution in [-0.4, -0.2) is 42.5 Å². The maximum absolute atomic E-state index is 11.5. The number of morpholine rings is 1. The van der Waals surface area contributed by atoms with Gasteiger partial charge in [-0.1, -0.05) is 23.7 Å². The van der Waals surface area contributed by atoms with Gasteiger partial charge in [-0.25, -0.2) is 4.79 Å². The predicted molar refractivity (Wildman–Crippen MR) is 94.7 cm³/mol. The summed E-state index contributed by atoms with van der Waals surface area (Å²) >= 11 is 5.97. The van der Waals surface area contributed by atoms with Crippen LogP contribution >= 0.6 is 11.6 Å². The van der Waals surface area contributed by atoms with Crippen molar-refractivity contribution in [3.63, 3.8) is 0 Å². The van der Waals surface area contributed by atoms with Crippen LogP contribution in [0.2, 0.25) is 5.15 Å². The Morgan fingerprint density at radius 3 is 2.76 bits per heavy atom. The third kappa shape index (κ3) is 3.67. The van der Waals surface area contributed by atoms with Gasteiger partial charge in [0.15, 0.2) is 11.0 Å². The molecular formula is C17H19ClN4O3. The van der Waals surface area contributed by atoms with Gasteiger partial charge in [0.1, 0.15) is 6.10 Å². The molecule has 1 fully saturated rings. The zero-order chi connectivity index (χ0) is 18.0. The van der Waals surface area contributed by atoms with Gasteiger partial charge in [-0.15, -0.1) is 10.2 Å². The Labute approximate surface area is 150 Å². The standard InChI is InChI=1S/C17H19ClN4O3/c1-10-9-25-14(11-3-5-12(6-4-11)17(23)24-2)8-22(10)13-7-15(18)20-21-16(13)19/h3-7,10,14H,8-9H2,1-2H3,(H2,19,21)/t10-,14+/m1/s1. The Kier molecular flexibility index (Phi) is 5.06. The second-order valence-electron chi connectivity index (χ2n) is 5.87. The number of nitrogen functional groups attached to an aromatic ring is 1. The van der Waals surface area contributed by atoms with E-state index < -0.39 is 0 Å². The highest BCUT2D eigenvalue weighted by Gasteiger charge is 2.29. The van der Waals surface area contributed by atoms with Crippen molar-refractivity contribution in [3.05, 3.63) is 46.6 Å². The lowest BCUT2D eigenvalue weighted by atomic mass is 10.0. The van der Waals surface area contributed by atoms with Crippen molar-refractivity contribution < 1.29 is 14.3 Å². The summed E-state index contributed by atoms with van der Waals surface area (Å²) in [6, 6.07) is 9.02. The first-order valence-corrected chi connectivity index (χ1v) is 8.22. The minimum absolute atomic E-state index is 0.119. The SMILES string of the molecule is COC(=O)c1ccc([C@@H]2CN(c3cc(Cl)nnc3N)[C@H](C)CO2)cc1. The molecule has 7 nitrogen and oxygen atoms in total. The average molecular weight is 363 g/mol. The fourth-order valence-electron chi connectivity index (χ4n) is 2.84.